The number of ketones is 2. The number of allylic oxidation sites excluding steroid dienone is 4. The molecular formula is C30H56BaO8. The first-order valence-corrected chi connectivity index (χ1v) is 13.0. The third kappa shape index (κ3) is 29.1. The number of carbonyl (C=O) groups excluding carboxylic acids is 2. The van der Waals surface area contributed by atoms with Crippen LogP contribution in [0.1, 0.15) is 83.1 Å². The van der Waals surface area contributed by atoms with E-state index in [0.29, 0.717) is 39.6 Å². The van der Waals surface area contributed by atoms with Gasteiger partial charge in [-0.2, -0.15) is 0 Å². The van der Waals surface area contributed by atoms with Crippen molar-refractivity contribution in [2.75, 3.05) is 53.9 Å². The van der Waals surface area contributed by atoms with Gasteiger partial charge >= 0.3 is 48.9 Å². The van der Waals surface area contributed by atoms with Gasteiger partial charge in [-0.25, -0.2) is 0 Å². The van der Waals surface area contributed by atoms with E-state index in [1.807, 2.05) is 83.1 Å². The summed E-state index contributed by atoms with van der Waals surface area (Å²) in [6.45, 7) is 25.5. The average Bonchev–Trinajstić information content (AvgIpc) is 2.74. The minimum Gasteiger partial charge on any atom is -0.875 e. The first-order chi connectivity index (χ1) is 17.0. The molecule has 8 nitrogen and oxygen atoms in total. The van der Waals surface area contributed by atoms with Crippen LogP contribution in [0.3, 0.4) is 0 Å². The molecule has 0 aliphatic carbocycles. The second-order valence-corrected chi connectivity index (χ2v) is 13.0. The van der Waals surface area contributed by atoms with Crippen molar-refractivity contribution in [3.63, 3.8) is 0 Å². The van der Waals surface area contributed by atoms with Crippen LogP contribution in [-0.2, 0) is 28.5 Å². The van der Waals surface area contributed by atoms with Crippen molar-refractivity contribution in [2.45, 2.75) is 83.1 Å². The van der Waals surface area contributed by atoms with Gasteiger partial charge < -0.3 is 29.2 Å². The van der Waals surface area contributed by atoms with E-state index >= 15 is 0 Å². The summed E-state index contributed by atoms with van der Waals surface area (Å²) >= 11 is 0. The number of ether oxygens (including phenoxy) is 4. The molecule has 0 aliphatic heterocycles. The van der Waals surface area contributed by atoms with E-state index in [1.54, 1.807) is 14.2 Å². The number of carbonyl (C=O) groups is 2. The number of hydrogen-bond donors (Lipinski definition) is 0. The van der Waals surface area contributed by atoms with Gasteiger partial charge in [0.25, 0.3) is 0 Å². The molecule has 0 heterocycles. The zero-order valence-electron chi connectivity index (χ0n) is 27.4. The molecule has 0 saturated heterocycles. The van der Waals surface area contributed by atoms with Gasteiger partial charge in [0.15, 0.2) is 11.6 Å². The van der Waals surface area contributed by atoms with E-state index in [0.717, 1.165) is 0 Å². The average molecular weight is 682 g/mol. The molecule has 0 amide bonds. The summed E-state index contributed by atoms with van der Waals surface area (Å²) in [4.78, 5) is 22.9. The number of rotatable bonds is 11. The summed E-state index contributed by atoms with van der Waals surface area (Å²) in [6, 6.07) is 0. The molecule has 0 fully saturated rings. The van der Waals surface area contributed by atoms with E-state index in [4.69, 9.17) is 18.9 Å². The molecule has 0 aromatic carbocycles. The van der Waals surface area contributed by atoms with E-state index in [-0.39, 0.29) is 72.0 Å². The summed E-state index contributed by atoms with van der Waals surface area (Å²) in [6.07, 6.45) is 2.44. The van der Waals surface area contributed by atoms with Crippen LogP contribution >= 0.6 is 0 Å². The molecule has 9 heteroatoms. The van der Waals surface area contributed by atoms with Gasteiger partial charge in [-0.1, -0.05) is 83.1 Å². The molecule has 0 aromatic rings. The summed E-state index contributed by atoms with van der Waals surface area (Å²) < 4.78 is 19.9. The van der Waals surface area contributed by atoms with Gasteiger partial charge in [-0.3, -0.25) is 9.59 Å². The minimum atomic E-state index is -0.457. The maximum Gasteiger partial charge on any atom is 2.00 e. The zero-order valence-corrected chi connectivity index (χ0v) is 31.8. The van der Waals surface area contributed by atoms with Gasteiger partial charge in [-0.15, -0.1) is 11.5 Å². The van der Waals surface area contributed by atoms with Crippen LogP contribution < -0.4 is 10.2 Å². The standard InChI is InChI=1S/2C11H20O2.C8H18O4.Ba/c2*1-10(2,3)8(12)7-9(13)11(4,5)6;1-9-3-5-11-7-8-12-6-4-10-2;/h2*7,12H,1-6H3;3-8H2,1-2H3;/q;;;+2/p-2/b8-7+;8-7-;;. The van der Waals surface area contributed by atoms with Gasteiger partial charge in [0, 0.05) is 25.0 Å². The third-order valence-electron chi connectivity index (χ3n) is 4.72. The van der Waals surface area contributed by atoms with Gasteiger partial charge in [0.2, 0.25) is 0 Å². The number of hydrogen-bond acceptors (Lipinski definition) is 8. The Hall–Kier alpha value is -0.169. The zero-order chi connectivity index (χ0) is 30.8. The molecule has 0 aromatic heterocycles. The minimum absolute atomic E-state index is 0. The van der Waals surface area contributed by atoms with Crippen LogP contribution in [-0.4, -0.2) is 114 Å². The van der Waals surface area contributed by atoms with Crippen LogP contribution in [0.5, 0.6) is 0 Å². The first kappa shape index (κ1) is 45.8. The largest absolute Gasteiger partial charge is 2.00 e. The van der Waals surface area contributed by atoms with Crippen molar-refractivity contribution in [2.24, 2.45) is 21.7 Å². The van der Waals surface area contributed by atoms with E-state index in [2.05, 4.69) is 0 Å². The van der Waals surface area contributed by atoms with Gasteiger partial charge in [-0.05, 0) is 23.0 Å². The summed E-state index contributed by atoms with van der Waals surface area (Å²) in [5, 5.41) is 22.9. The third-order valence-corrected chi connectivity index (χ3v) is 4.72. The molecule has 0 bridgehead atoms. The van der Waals surface area contributed by atoms with Crippen molar-refractivity contribution < 1.29 is 38.7 Å². The molecule has 0 rings (SSSR count). The second kappa shape index (κ2) is 22.4. The SMILES string of the molecule is CC(C)(C)C(=O)/C=C(/[O-])C(C)(C)C.CC(C)(C)C(=O)/C=C(\[O-])C(C)(C)C.COCCOCCOCCOC.[Ba+2]. The molecule has 0 unspecified atom stereocenters. The van der Waals surface area contributed by atoms with Crippen LogP contribution in [0.15, 0.2) is 23.7 Å². The molecular weight excluding hydrogens is 626 g/mol. The Balaban J connectivity index is -0.000000233. The van der Waals surface area contributed by atoms with E-state index < -0.39 is 21.7 Å². The predicted octanol–water partition coefficient (Wildman–Crippen LogP) is 3.72. The fraction of sp³-hybridized carbons (Fsp3) is 0.800. The smallest absolute Gasteiger partial charge is 0.875 e. The monoisotopic (exact) mass is 682 g/mol. The van der Waals surface area contributed by atoms with Gasteiger partial charge in [0.1, 0.15) is 0 Å². The Kier molecular flexibility index (Phi) is 26.3. The van der Waals surface area contributed by atoms with Crippen LogP contribution in [0, 0.1) is 21.7 Å². The topological polar surface area (TPSA) is 117 Å². The molecule has 0 aliphatic rings. The molecule has 0 N–H and O–H groups in total. The van der Waals surface area contributed by atoms with Crippen molar-refractivity contribution >= 4 is 60.4 Å². The molecule has 0 spiro atoms. The van der Waals surface area contributed by atoms with Crippen LogP contribution in [0.25, 0.3) is 0 Å². The molecule has 226 valence electrons. The van der Waals surface area contributed by atoms with Crippen LogP contribution in [0.4, 0.5) is 0 Å². The molecule has 39 heavy (non-hydrogen) atoms. The van der Waals surface area contributed by atoms with Crippen molar-refractivity contribution in [1.82, 2.24) is 0 Å². The Bertz CT molecular complexity index is 653. The van der Waals surface area contributed by atoms with Gasteiger partial charge in [0.05, 0.1) is 39.6 Å². The summed E-state index contributed by atoms with van der Waals surface area (Å²) in [5.74, 6) is -0.417. The van der Waals surface area contributed by atoms with E-state index in [1.165, 1.54) is 12.2 Å². The summed E-state index contributed by atoms with van der Waals surface area (Å²) in [7, 11) is 3.30. The fourth-order valence-corrected chi connectivity index (χ4v) is 1.71. The molecule has 0 saturated carbocycles. The Morgan fingerprint density at radius 3 is 0.923 bits per heavy atom. The Morgan fingerprint density at radius 2 is 0.744 bits per heavy atom. The van der Waals surface area contributed by atoms with Crippen molar-refractivity contribution in [3.05, 3.63) is 23.7 Å². The van der Waals surface area contributed by atoms with Crippen molar-refractivity contribution in [3.8, 4) is 0 Å². The Morgan fingerprint density at radius 1 is 0.513 bits per heavy atom. The summed E-state index contributed by atoms with van der Waals surface area (Å²) in [5.41, 5.74) is -1.83. The number of methoxy groups -OCH3 is 2. The quantitative estimate of drug-likeness (QED) is 0.140. The molecule has 0 atom stereocenters. The normalized spacial score (nSPS) is 12.9. The first-order valence-electron chi connectivity index (χ1n) is 13.0. The molecule has 0 radical (unpaired) electrons. The van der Waals surface area contributed by atoms with Crippen LogP contribution in [0.2, 0.25) is 0 Å². The Labute approximate surface area is 279 Å². The predicted molar refractivity (Wildman–Crippen MR) is 155 cm³/mol. The maximum absolute atomic E-state index is 11.4. The van der Waals surface area contributed by atoms with Crippen molar-refractivity contribution in [1.29, 1.82) is 0 Å². The van der Waals surface area contributed by atoms with E-state index in [9.17, 15) is 19.8 Å². The second-order valence-electron chi connectivity index (χ2n) is 13.0. The fourth-order valence-electron chi connectivity index (χ4n) is 1.71. The maximum atomic E-state index is 11.4.